The maximum atomic E-state index is 13.5. The molecule has 2 aromatic carbocycles. The lowest BCUT2D eigenvalue weighted by Gasteiger charge is -2.38. The molecule has 0 spiro atoms. The highest BCUT2D eigenvalue weighted by atomic mass is 19.4. The van der Waals surface area contributed by atoms with Crippen molar-refractivity contribution >= 4 is 52.2 Å². The number of piperidine rings is 2. The standard InChI is InChI=1S/C44H48F3N7O6/c1-60-37-23-35-29(21-36(37)50-40(57)34-7-4-8-38(49-34)44(45,46)47)24-53(51-35)30-11-9-27(10-12-30)5-2-3-6-28-16-19-52(20-17-28)31-13-14-32-33(22-31)42(59)54(41(32)58)43(26-55)18-15-39(56)48-25-43/h4,7-8,13-14,21-24,26-28,30H,2-3,5-6,9-12,15-20,25H2,1H3,(H,48,56)(H,50,57). The molecule has 2 N–H and O–H groups in total. The molecule has 8 rings (SSSR count). The van der Waals surface area contributed by atoms with E-state index in [9.17, 15) is 37.1 Å². The van der Waals surface area contributed by atoms with Crippen LogP contribution in [0.1, 0.15) is 120 Å². The van der Waals surface area contributed by atoms with Crippen molar-refractivity contribution in [1.29, 1.82) is 0 Å². The molecule has 13 nitrogen and oxygen atoms in total. The van der Waals surface area contributed by atoms with Crippen LogP contribution in [0, 0.1) is 11.8 Å². The van der Waals surface area contributed by atoms with Gasteiger partial charge in [0.15, 0.2) is 0 Å². The molecular weight excluding hydrogens is 780 g/mol. The fourth-order valence-corrected chi connectivity index (χ4v) is 9.41. The predicted octanol–water partition coefficient (Wildman–Crippen LogP) is 7.36. The number of rotatable bonds is 12. The molecule has 60 heavy (non-hydrogen) atoms. The molecule has 1 atom stereocenters. The van der Waals surface area contributed by atoms with Crippen LogP contribution in [0.15, 0.2) is 54.7 Å². The number of aldehydes is 1. The highest BCUT2D eigenvalue weighted by Gasteiger charge is 2.51. The molecule has 0 bridgehead atoms. The number of ether oxygens (including phenoxy) is 1. The van der Waals surface area contributed by atoms with E-state index in [-0.39, 0.29) is 37.0 Å². The summed E-state index contributed by atoms with van der Waals surface area (Å²) in [5.74, 6) is -0.313. The Kier molecular flexibility index (Phi) is 11.4. The number of nitrogens with zero attached hydrogens (tertiary/aromatic N) is 5. The number of amides is 4. The fraction of sp³-hybridized carbons (Fsp3) is 0.477. The van der Waals surface area contributed by atoms with Gasteiger partial charge in [0.1, 0.15) is 29.0 Å². The summed E-state index contributed by atoms with van der Waals surface area (Å²) in [5.41, 5.74) is -0.356. The quantitative estimate of drug-likeness (QED) is 0.0847. The molecule has 4 aromatic rings. The first-order valence-electron chi connectivity index (χ1n) is 20.8. The highest BCUT2D eigenvalue weighted by molar-refractivity contribution is 6.23. The van der Waals surface area contributed by atoms with Crippen molar-refractivity contribution in [2.45, 2.75) is 94.8 Å². The lowest BCUT2D eigenvalue weighted by atomic mass is 9.82. The number of benzene rings is 2. The van der Waals surface area contributed by atoms with Gasteiger partial charge in [-0.05, 0) is 93.2 Å². The third-order valence-electron chi connectivity index (χ3n) is 12.9. The van der Waals surface area contributed by atoms with E-state index in [1.54, 1.807) is 24.3 Å². The van der Waals surface area contributed by atoms with Crippen molar-refractivity contribution in [2.24, 2.45) is 11.8 Å². The molecule has 3 aliphatic heterocycles. The van der Waals surface area contributed by atoms with Gasteiger partial charge in [0, 0.05) is 49.4 Å². The van der Waals surface area contributed by atoms with E-state index in [4.69, 9.17) is 9.84 Å². The van der Waals surface area contributed by atoms with Crippen molar-refractivity contribution in [3.63, 3.8) is 0 Å². The zero-order valence-electron chi connectivity index (χ0n) is 33.4. The lowest BCUT2D eigenvalue weighted by molar-refractivity contribution is -0.141. The van der Waals surface area contributed by atoms with Crippen LogP contribution < -0.4 is 20.3 Å². The molecule has 5 heterocycles. The Labute approximate surface area is 345 Å². The molecule has 0 radical (unpaired) electrons. The molecule has 2 saturated heterocycles. The summed E-state index contributed by atoms with van der Waals surface area (Å²) in [6.07, 6.45) is 9.22. The molecule has 316 valence electrons. The highest BCUT2D eigenvalue weighted by Crippen LogP contribution is 2.39. The molecule has 1 saturated carbocycles. The van der Waals surface area contributed by atoms with Crippen molar-refractivity contribution in [2.75, 3.05) is 37.0 Å². The summed E-state index contributed by atoms with van der Waals surface area (Å²) >= 11 is 0. The average molecular weight is 828 g/mol. The van der Waals surface area contributed by atoms with Crippen molar-refractivity contribution in [3.05, 3.63) is 77.2 Å². The maximum Gasteiger partial charge on any atom is 0.433 e. The van der Waals surface area contributed by atoms with Crippen LogP contribution >= 0.6 is 0 Å². The Balaban J connectivity index is 0.778. The number of nitrogens with one attached hydrogen (secondary N) is 2. The Bertz CT molecular complexity index is 2300. The second-order valence-electron chi connectivity index (χ2n) is 16.6. The zero-order chi connectivity index (χ0) is 42.2. The third-order valence-corrected chi connectivity index (χ3v) is 12.9. The number of alkyl halides is 3. The monoisotopic (exact) mass is 827 g/mol. The van der Waals surface area contributed by atoms with Crippen LogP contribution in [0.2, 0.25) is 0 Å². The van der Waals surface area contributed by atoms with E-state index >= 15 is 0 Å². The summed E-state index contributed by atoms with van der Waals surface area (Å²) in [5, 5.41) is 10.9. The van der Waals surface area contributed by atoms with Crippen molar-refractivity contribution < 1.29 is 41.9 Å². The lowest BCUT2D eigenvalue weighted by Crippen LogP contribution is -2.61. The number of imide groups is 1. The second-order valence-corrected chi connectivity index (χ2v) is 16.6. The Morgan fingerprint density at radius 2 is 1.67 bits per heavy atom. The smallest absolute Gasteiger partial charge is 0.433 e. The number of pyridine rings is 1. The van der Waals surface area contributed by atoms with E-state index < -0.39 is 35.1 Å². The zero-order valence-corrected chi connectivity index (χ0v) is 33.4. The molecule has 1 aliphatic carbocycles. The summed E-state index contributed by atoms with van der Waals surface area (Å²) in [4.78, 5) is 70.4. The summed E-state index contributed by atoms with van der Waals surface area (Å²) in [7, 11) is 1.45. The Hall–Kier alpha value is -5.80. The molecule has 16 heteroatoms. The number of carbonyl (C=O) groups is 5. The van der Waals surface area contributed by atoms with Crippen LogP contribution in [0.4, 0.5) is 24.5 Å². The minimum atomic E-state index is -4.67. The molecule has 3 fully saturated rings. The first-order valence-corrected chi connectivity index (χ1v) is 20.8. The maximum absolute atomic E-state index is 13.5. The summed E-state index contributed by atoms with van der Waals surface area (Å²) < 4.78 is 47.0. The number of fused-ring (bicyclic) bond motifs is 2. The number of aromatic nitrogens is 3. The van der Waals surface area contributed by atoms with Gasteiger partial charge in [0.25, 0.3) is 17.7 Å². The van der Waals surface area contributed by atoms with Crippen LogP contribution in [0.5, 0.6) is 5.75 Å². The van der Waals surface area contributed by atoms with Gasteiger partial charge in [-0.15, -0.1) is 0 Å². The van der Waals surface area contributed by atoms with Gasteiger partial charge >= 0.3 is 6.18 Å². The first-order chi connectivity index (χ1) is 28.9. The Morgan fingerprint density at radius 1 is 0.950 bits per heavy atom. The molecule has 4 aliphatic rings. The SMILES string of the molecule is COc1cc2nn(C3CCC(CCCCC4CCN(c5ccc6c(c5)C(=O)N(C5(C=O)CCC(=O)NC5)C6=O)CC4)CC3)cc2cc1NC(=O)c1cccc(C(F)(F)F)n1. The van der Waals surface area contributed by atoms with E-state index in [1.807, 2.05) is 16.9 Å². The van der Waals surface area contributed by atoms with Crippen LogP contribution in [0.3, 0.4) is 0 Å². The Morgan fingerprint density at radius 3 is 2.33 bits per heavy atom. The molecular formula is C44H48F3N7O6. The van der Waals surface area contributed by atoms with E-state index in [2.05, 4.69) is 20.5 Å². The normalized spacial score (nSPS) is 22.5. The van der Waals surface area contributed by atoms with Gasteiger partial charge in [-0.1, -0.05) is 31.7 Å². The first kappa shape index (κ1) is 41.0. The van der Waals surface area contributed by atoms with E-state index in [0.29, 0.717) is 46.2 Å². The average Bonchev–Trinajstić information content (AvgIpc) is 3.79. The predicted molar refractivity (Wildman–Crippen MR) is 216 cm³/mol. The number of hydrogen-bond donors (Lipinski definition) is 2. The third kappa shape index (κ3) is 8.20. The van der Waals surface area contributed by atoms with Gasteiger partial charge in [-0.25, -0.2) is 4.98 Å². The van der Waals surface area contributed by atoms with Crippen LogP contribution in [-0.2, 0) is 15.8 Å². The van der Waals surface area contributed by atoms with Crippen molar-refractivity contribution in [3.8, 4) is 5.75 Å². The number of anilines is 2. The van der Waals surface area contributed by atoms with Crippen LogP contribution in [-0.4, -0.2) is 81.9 Å². The minimum Gasteiger partial charge on any atom is -0.494 e. The van der Waals surface area contributed by atoms with Crippen molar-refractivity contribution in [1.82, 2.24) is 25.0 Å². The van der Waals surface area contributed by atoms with Gasteiger partial charge < -0.3 is 25.1 Å². The fourth-order valence-electron chi connectivity index (χ4n) is 9.41. The van der Waals surface area contributed by atoms with E-state index in [0.717, 1.165) is 79.7 Å². The summed E-state index contributed by atoms with van der Waals surface area (Å²) in [6, 6.07) is 12.2. The summed E-state index contributed by atoms with van der Waals surface area (Å²) in [6.45, 7) is 1.66. The molecule has 2 aromatic heterocycles. The van der Waals surface area contributed by atoms with Gasteiger partial charge in [0.05, 0.1) is 35.5 Å². The van der Waals surface area contributed by atoms with E-state index in [1.165, 1.54) is 38.9 Å². The number of carbonyl (C=O) groups excluding carboxylic acids is 5. The van der Waals surface area contributed by atoms with Gasteiger partial charge in [-0.2, -0.15) is 18.3 Å². The topological polar surface area (TPSA) is 156 Å². The van der Waals surface area contributed by atoms with Crippen LogP contribution in [0.25, 0.3) is 10.9 Å². The van der Waals surface area contributed by atoms with Gasteiger partial charge in [0.2, 0.25) is 5.91 Å². The van der Waals surface area contributed by atoms with Gasteiger partial charge in [-0.3, -0.25) is 28.8 Å². The molecule has 1 unspecified atom stereocenters. The largest absolute Gasteiger partial charge is 0.494 e. The number of methoxy groups -OCH3 is 1. The number of unbranched alkanes of at least 4 members (excludes halogenated alkanes) is 1. The minimum absolute atomic E-state index is 0.0719. The number of hydrogen-bond acceptors (Lipinski definition) is 9. The number of halogens is 3. The second kappa shape index (κ2) is 16.7. The molecule has 4 amide bonds.